The molecule has 0 saturated carbocycles. The molecule has 2 aromatic rings. The van der Waals surface area contributed by atoms with E-state index in [2.05, 4.69) is 16.9 Å². The smallest absolute Gasteiger partial charge is 0.230 e. The Morgan fingerprint density at radius 3 is 2.87 bits per heavy atom. The number of rotatable bonds is 6. The number of likely N-dealkylation sites (tertiary alicyclic amines) is 1. The molecule has 4 atom stereocenters. The Bertz CT molecular complexity index is 1020. The van der Waals surface area contributed by atoms with Gasteiger partial charge in [0.2, 0.25) is 11.8 Å². The van der Waals surface area contributed by atoms with Crippen molar-refractivity contribution in [1.82, 2.24) is 19.8 Å². The van der Waals surface area contributed by atoms with Crippen molar-refractivity contribution in [3.05, 3.63) is 71.8 Å². The molecule has 1 spiro atoms. The van der Waals surface area contributed by atoms with Crippen LogP contribution in [0.25, 0.3) is 0 Å². The van der Waals surface area contributed by atoms with Crippen molar-refractivity contribution in [3.63, 3.8) is 0 Å². The van der Waals surface area contributed by atoms with Crippen molar-refractivity contribution in [2.24, 2.45) is 11.8 Å². The van der Waals surface area contributed by atoms with Gasteiger partial charge in [-0.3, -0.25) is 19.6 Å². The van der Waals surface area contributed by atoms with E-state index in [-0.39, 0.29) is 17.9 Å². The monoisotopic (exact) mass is 418 g/mol. The van der Waals surface area contributed by atoms with Gasteiger partial charge < -0.3 is 14.5 Å². The predicted molar refractivity (Wildman–Crippen MR) is 113 cm³/mol. The number of carbonyl (C=O) groups excluding carboxylic acids is 2. The summed E-state index contributed by atoms with van der Waals surface area (Å²) < 4.78 is 6.23. The number of fused-ring (bicyclic) bond motifs is 1. The van der Waals surface area contributed by atoms with Gasteiger partial charge in [0.05, 0.1) is 36.7 Å². The second-order valence-electron chi connectivity index (χ2n) is 8.66. The minimum Gasteiger partial charge on any atom is -0.360 e. The molecule has 0 unspecified atom stereocenters. The van der Waals surface area contributed by atoms with Crippen LogP contribution in [-0.2, 0) is 33.8 Å². The Balaban J connectivity index is 1.33. The predicted octanol–water partition coefficient (Wildman–Crippen LogP) is 1.98. The average Bonchev–Trinajstić information content (AvgIpc) is 3.43. The van der Waals surface area contributed by atoms with Gasteiger partial charge in [-0.05, 0) is 29.7 Å². The number of amides is 2. The van der Waals surface area contributed by atoms with Crippen LogP contribution in [0, 0.1) is 11.8 Å². The summed E-state index contributed by atoms with van der Waals surface area (Å²) in [5, 5.41) is 0. The first-order valence-electron chi connectivity index (χ1n) is 10.7. The summed E-state index contributed by atoms with van der Waals surface area (Å²) in [5.74, 6) is -1.08. The molecule has 5 heterocycles. The topological polar surface area (TPSA) is 75.6 Å². The Hall–Kier alpha value is -3.06. The molecule has 0 aromatic carbocycles. The third-order valence-electron chi connectivity index (χ3n) is 6.63. The maximum Gasteiger partial charge on any atom is 0.230 e. The van der Waals surface area contributed by atoms with Crippen LogP contribution in [0.15, 0.2) is 55.0 Å². The Kier molecular flexibility index (Phi) is 4.85. The van der Waals surface area contributed by atoms with Gasteiger partial charge in [0.1, 0.15) is 5.60 Å². The number of ether oxygens (including phenoxy) is 1. The maximum atomic E-state index is 13.4. The summed E-state index contributed by atoms with van der Waals surface area (Å²) in [6.45, 7) is 3.42. The highest BCUT2D eigenvalue weighted by Gasteiger charge is 2.67. The molecular weight excluding hydrogens is 392 g/mol. The van der Waals surface area contributed by atoms with E-state index in [0.29, 0.717) is 19.6 Å². The molecule has 3 aliphatic rings. The molecule has 2 fully saturated rings. The maximum absolute atomic E-state index is 13.4. The lowest BCUT2D eigenvalue weighted by Gasteiger charge is -2.27. The molecule has 160 valence electrons. The number of hydrogen-bond acceptors (Lipinski definition) is 5. The van der Waals surface area contributed by atoms with Crippen LogP contribution in [0.3, 0.4) is 0 Å². The van der Waals surface area contributed by atoms with E-state index >= 15 is 0 Å². The van der Waals surface area contributed by atoms with E-state index in [0.717, 1.165) is 23.2 Å². The lowest BCUT2D eigenvalue weighted by Crippen LogP contribution is -2.44. The summed E-state index contributed by atoms with van der Waals surface area (Å²) in [6.07, 6.45) is 9.84. The summed E-state index contributed by atoms with van der Waals surface area (Å²) in [5.41, 5.74) is 2.26. The van der Waals surface area contributed by atoms with Gasteiger partial charge in [-0.2, -0.15) is 0 Å². The van der Waals surface area contributed by atoms with Crippen LogP contribution >= 0.6 is 0 Å². The molecule has 0 radical (unpaired) electrons. The van der Waals surface area contributed by atoms with Gasteiger partial charge in [0.15, 0.2) is 0 Å². The second kappa shape index (κ2) is 7.57. The molecule has 5 rings (SSSR count). The van der Waals surface area contributed by atoms with Crippen LogP contribution in [0.2, 0.25) is 0 Å². The summed E-state index contributed by atoms with van der Waals surface area (Å²) in [7, 11) is 1.77. The molecule has 0 N–H and O–H groups in total. The molecule has 31 heavy (non-hydrogen) atoms. The zero-order chi connectivity index (χ0) is 21.6. The van der Waals surface area contributed by atoms with Crippen LogP contribution in [0.1, 0.15) is 23.7 Å². The SMILES string of the molecule is CCc1ccc(CN(C)C(=O)[C@@H]2[C@@H]3C=C[C@@]4(CN(Cc5cccnc5)C(=O)[C@@H]24)O3)nc1. The number of aryl methyl sites for hydroxylation is 1. The minimum absolute atomic E-state index is 0.0205. The lowest BCUT2D eigenvalue weighted by atomic mass is 9.76. The van der Waals surface area contributed by atoms with Crippen LogP contribution in [0.4, 0.5) is 0 Å². The van der Waals surface area contributed by atoms with E-state index in [1.807, 2.05) is 42.6 Å². The lowest BCUT2D eigenvalue weighted by molar-refractivity contribution is -0.142. The quantitative estimate of drug-likeness (QED) is 0.671. The van der Waals surface area contributed by atoms with Gasteiger partial charge in [0, 0.05) is 32.2 Å². The minimum atomic E-state index is -0.702. The molecule has 2 amide bonds. The molecule has 2 aromatic heterocycles. The third-order valence-corrected chi connectivity index (χ3v) is 6.63. The van der Waals surface area contributed by atoms with Crippen molar-refractivity contribution in [1.29, 1.82) is 0 Å². The fourth-order valence-electron chi connectivity index (χ4n) is 5.04. The second-order valence-corrected chi connectivity index (χ2v) is 8.66. The first kappa shape index (κ1) is 19.9. The van der Waals surface area contributed by atoms with E-state index < -0.39 is 17.4 Å². The fourth-order valence-corrected chi connectivity index (χ4v) is 5.04. The summed E-state index contributed by atoms with van der Waals surface area (Å²) in [4.78, 5) is 38.8. The molecule has 7 nitrogen and oxygen atoms in total. The highest BCUT2D eigenvalue weighted by Crippen LogP contribution is 2.52. The van der Waals surface area contributed by atoms with E-state index in [1.54, 1.807) is 29.2 Å². The Labute approximate surface area is 181 Å². The van der Waals surface area contributed by atoms with E-state index in [1.165, 1.54) is 0 Å². The molecule has 3 aliphatic heterocycles. The highest BCUT2D eigenvalue weighted by atomic mass is 16.5. The van der Waals surface area contributed by atoms with Crippen molar-refractivity contribution in [2.75, 3.05) is 13.6 Å². The zero-order valence-corrected chi connectivity index (χ0v) is 17.8. The third kappa shape index (κ3) is 3.33. The molecule has 2 bridgehead atoms. The number of hydrogen-bond donors (Lipinski definition) is 0. The van der Waals surface area contributed by atoms with Crippen molar-refractivity contribution in [3.8, 4) is 0 Å². The largest absolute Gasteiger partial charge is 0.360 e. The average molecular weight is 418 g/mol. The van der Waals surface area contributed by atoms with Gasteiger partial charge in [-0.25, -0.2) is 0 Å². The zero-order valence-electron chi connectivity index (χ0n) is 17.8. The van der Waals surface area contributed by atoms with E-state index in [4.69, 9.17) is 4.74 Å². The molecular formula is C24H26N4O3. The van der Waals surface area contributed by atoms with Crippen LogP contribution < -0.4 is 0 Å². The Morgan fingerprint density at radius 2 is 2.16 bits per heavy atom. The first-order valence-corrected chi connectivity index (χ1v) is 10.7. The number of aromatic nitrogens is 2. The van der Waals surface area contributed by atoms with Crippen LogP contribution in [-0.4, -0.2) is 56.9 Å². The normalized spacial score (nSPS) is 28.3. The summed E-state index contributed by atoms with van der Waals surface area (Å²) >= 11 is 0. The van der Waals surface area contributed by atoms with Crippen molar-refractivity contribution in [2.45, 2.75) is 38.1 Å². The molecule has 2 saturated heterocycles. The Morgan fingerprint density at radius 1 is 1.29 bits per heavy atom. The number of carbonyl (C=O) groups is 2. The molecule has 7 heteroatoms. The number of nitrogens with zero attached hydrogens (tertiary/aromatic N) is 4. The van der Waals surface area contributed by atoms with Crippen molar-refractivity contribution >= 4 is 11.8 Å². The van der Waals surface area contributed by atoms with Crippen LogP contribution in [0.5, 0.6) is 0 Å². The standard InChI is InChI=1S/C24H26N4O3/c1-3-16-6-7-18(26-12-16)14-27(2)22(29)20-19-8-9-24(31-19)15-28(23(30)21(20)24)13-17-5-4-10-25-11-17/h4-12,19-21H,3,13-15H2,1-2H3/t19-,20+,21+,24-/m0/s1. The summed E-state index contributed by atoms with van der Waals surface area (Å²) in [6, 6.07) is 7.81. The molecule has 0 aliphatic carbocycles. The highest BCUT2D eigenvalue weighted by molar-refractivity contribution is 5.93. The van der Waals surface area contributed by atoms with Crippen molar-refractivity contribution < 1.29 is 14.3 Å². The van der Waals surface area contributed by atoms with Gasteiger partial charge >= 0.3 is 0 Å². The van der Waals surface area contributed by atoms with Gasteiger partial charge in [-0.1, -0.05) is 31.2 Å². The first-order chi connectivity index (χ1) is 15.0. The van der Waals surface area contributed by atoms with Gasteiger partial charge in [-0.15, -0.1) is 0 Å². The fraction of sp³-hybridized carbons (Fsp3) is 0.417. The van der Waals surface area contributed by atoms with E-state index in [9.17, 15) is 9.59 Å². The number of pyridine rings is 2. The van der Waals surface area contributed by atoms with Gasteiger partial charge in [0.25, 0.3) is 0 Å².